The molecular formula is C10H8N2O3. The average Bonchev–Trinajstić information content (AvgIpc) is 2.23. The molecule has 5 heteroatoms. The van der Waals surface area contributed by atoms with E-state index in [2.05, 4.69) is 0 Å². The van der Waals surface area contributed by atoms with Crippen molar-refractivity contribution in [3.63, 3.8) is 0 Å². The van der Waals surface area contributed by atoms with Gasteiger partial charge in [-0.25, -0.2) is 0 Å². The summed E-state index contributed by atoms with van der Waals surface area (Å²) < 4.78 is 0. The molecule has 0 spiro atoms. The van der Waals surface area contributed by atoms with E-state index in [-0.39, 0.29) is 22.5 Å². The summed E-state index contributed by atoms with van der Waals surface area (Å²) >= 11 is 0. The van der Waals surface area contributed by atoms with Gasteiger partial charge in [0.2, 0.25) is 0 Å². The van der Waals surface area contributed by atoms with Crippen LogP contribution in [-0.4, -0.2) is 10.0 Å². The third-order valence-electron chi connectivity index (χ3n) is 2.22. The average molecular weight is 204 g/mol. The number of anilines is 1. The molecule has 0 aliphatic rings. The fraction of sp³-hybridized carbons (Fsp3) is 0. The summed E-state index contributed by atoms with van der Waals surface area (Å²) in [5.74, 6) is -0.0112. The molecule has 2 aromatic rings. The lowest BCUT2D eigenvalue weighted by Gasteiger charge is -2.04. The molecule has 0 aliphatic heterocycles. The first-order valence-electron chi connectivity index (χ1n) is 4.26. The monoisotopic (exact) mass is 204 g/mol. The van der Waals surface area contributed by atoms with Crippen molar-refractivity contribution in [3.05, 3.63) is 40.4 Å². The summed E-state index contributed by atoms with van der Waals surface area (Å²) in [6.07, 6.45) is 0. The highest BCUT2D eigenvalue weighted by Gasteiger charge is 2.15. The molecule has 0 radical (unpaired) electrons. The second-order valence-electron chi connectivity index (χ2n) is 3.13. The number of nitrogens with zero attached hydrogens (tertiary/aromatic N) is 1. The van der Waals surface area contributed by atoms with E-state index in [1.54, 1.807) is 6.07 Å². The van der Waals surface area contributed by atoms with Crippen LogP contribution in [-0.2, 0) is 0 Å². The molecule has 0 saturated carbocycles. The molecule has 0 aromatic heterocycles. The van der Waals surface area contributed by atoms with Crippen molar-refractivity contribution in [1.29, 1.82) is 0 Å². The van der Waals surface area contributed by atoms with Gasteiger partial charge in [-0.05, 0) is 12.1 Å². The number of fused-ring (bicyclic) bond motifs is 1. The molecule has 0 fully saturated rings. The van der Waals surface area contributed by atoms with Crippen molar-refractivity contribution in [3.8, 4) is 5.75 Å². The fourth-order valence-corrected chi connectivity index (χ4v) is 1.55. The molecule has 0 bridgehead atoms. The summed E-state index contributed by atoms with van der Waals surface area (Å²) in [7, 11) is 0. The fourth-order valence-electron chi connectivity index (χ4n) is 1.55. The SMILES string of the molecule is Nc1ccc(O)c2cccc([N+](=O)[O-])c12. The van der Waals surface area contributed by atoms with Crippen LogP contribution in [0.1, 0.15) is 0 Å². The Balaban J connectivity index is 2.96. The van der Waals surface area contributed by atoms with Crippen LogP contribution in [0.3, 0.4) is 0 Å². The Kier molecular flexibility index (Phi) is 1.93. The number of rotatable bonds is 1. The third-order valence-corrected chi connectivity index (χ3v) is 2.22. The van der Waals surface area contributed by atoms with Crippen LogP contribution >= 0.6 is 0 Å². The maximum atomic E-state index is 10.7. The van der Waals surface area contributed by atoms with Gasteiger partial charge in [-0.2, -0.15) is 0 Å². The molecule has 2 aromatic carbocycles. The predicted octanol–water partition coefficient (Wildman–Crippen LogP) is 2.04. The Morgan fingerprint density at radius 2 is 2.00 bits per heavy atom. The summed E-state index contributed by atoms with van der Waals surface area (Å²) in [4.78, 5) is 10.2. The second kappa shape index (κ2) is 3.13. The number of phenols is 1. The molecule has 0 saturated heterocycles. The van der Waals surface area contributed by atoms with Crippen LogP contribution in [0.15, 0.2) is 30.3 Å². The van der Waals surface area contributed by atoms with Gasteiger partial charge < -0.3 is 10.8 Å². The van der Waals surface area contributed by atoms with Gasteiger partial charge in [-0.15, -0.1) is 0 Å². The van der Waals surface area contributed by atoms with Crippen molar-refractivity contribution in [2.24, 2.45) is 0 Å². The van der Waals surface area contributed by atoms with Crippen LogP contribution in [0.2, 0.25) is 0 Å². The molecule has 0 heterocycles. The van der Waals surface area contributed by atoms with Crippen molar-refractivity contribution in [1.82, 2.24) is 0 Å². The molecule has 0 atom stereocenters. The minimum Gasteiger partial charge on any atom is -0.507 e. The number of non-ortho nitro benzene ring substituents is 1. The van der Waals surface area contributed by atoms with Crippen LogP contribution in [0, 0.1) is 10.1 Å². The van der Waals surface area contributed by atoms with E-state index < -0.39 is 4.92 Å². The minimum atomic E-state index is -0.516. The van der Waals surface area contributed by atoms with Gasteiger partial charge in [0.1, 0.15) is 5.75 Å². The highest BCUT2D eigenvalue weighted by Crippen LogP contribution is 2.35. The molecule has 0 aliphatic carbocycles. The molecule has 0 unspecified atom stereocenters. The molecule has 76 valence electrons. The number of hydrogen-bond donors (Lipinski definition) is 2. The summed E-state index contributed by atoms with van der Waals surface area (Å²) in [5, 5.41) is 20.9. The summed E-state index contributed by atoms with van der Waals surface area (Å²) in [6, 6.07) is 7.33. The lowest BCUT2D eigenvalue weighted by molar-refractivity contribution is -0.383. The molecule has 5 nitrogen and oxygen atoms in total. The van der Waals surface area contributed by atoms with Crippen molar-refractivity contribution in [2.45, 2.75) is 0 Å². The smallest absolute Gasteiger partial charge is 0.279 e. The number of aromatic hydroxyl groups is 1. The number of nitro benzene ring substituents is 1. The number of phenolic OH excluding ortho intramolecular Hbond substituents is 1. The van der Waals surface area contributed by atoms with Crippen LogP contribution in [0.25, 0.3) is 10.8 Å². The van der Waals surface area contributed by atoms with E-state index >= 15 is 0 Å². The normalized spacial score (nSPS) is 10.4. The predicted molar refractivity (Wildman–Crippen MR) is 56.7 cm³/mol. The van der Waals surface area contributed by atoms with E-state index in [0.717, 1.165) is 0 Å². The van der Waals surface area contributed by atoms with E-state index in [4.69, 9.17) is 5.73 Å². The maximum absolute atomic E-state index is 10.7. The standard InChI is InChI=1S/C10H8N2O3/c11-7-4-5-9(13)6-2-1-3-8(10(6)7)12(14)15/h1-5,13H,11H2. The molecule has 15 heavy (non-hydrogen) atoms. The Morgan fingerprint density at radius 1 is 1.27 bits per heavy atom. The van der Waals surface area contributed by atoms with Gasteiger partial charge in [0, 0.05) is 17.1 Å². The minimum absolute atomic E-state index is 0.0112. The van der Waals surface area contributed by atoms with E-state index in [0.29, 0.717) is 5.39 Å². The number of benzene rings is 2. The van der Waals surface area contributed by atoms with Crippen molar-refractivity contribution in [2.75, 3.05) is 5.73 Å². The van der Waals surface area contributed by atoms with Gasteiger partial charge in [0.05, 0.1) is 10.3 Å². The Hall–Kier alpha value is -2.30. The van der Waals surface area contributed by atoms with E-state index in [9.17, 15) is 15.2 Å². The number of hydrogen-bond acceptors (Lipinski definition) is 4. The number of nitrogens with two attached hydrogens (primary N) is 1. The van der Waals surface area contributed by atoms with E-state index in [1.165, 1.54) is 24.3 Å². The highest BCUT2D eigenvalue weighted by atomic mass is 16.6. The largest absolute Gasteiger partial charge is 0.507 e. The second-order valence-corrected chi connectivity index (χ2v) is 3.13. The lowest BCUT2D eigenvalue weighted by atomic mass is 10.1. The van der Waals surface area contributed by atoms with Crippen molar-refractivity contribution >= 4 is 22.1 Å². The molecular weight excluding hydrogens is 196 g/mol. The van der Waals surface area contributed by atoms with E-state index in [1.807, 2.05) is 0 Å². The summed E-state index contributed by atoms with van der Waals surface area (Å²) in [6.45, 7) is 0. The highest BCUT2D eigenvalue weighted by molar-refractivity contribution is 6.03. The zero-order valence-corrected chi connectivity index (χ0v) is 7.68. The van der Waals surface area contributed by atoms with Crippen LogP contribution in [0.4, 0.5) is 11.4 Å². The Labute approximate surface area is 84.9 Å². The molecule has 3 N–H and O–H groups in total. The number of nitro groups is 1. The van der Waals surface area contributed by atoms with Gasteiger partial charge in [-0.3, -0.25) is 10.1 Å². The zero-order valence-electron chi connectivity index (χ0n) is 7.68. The van der Waals surface area contributed by atoms with Crippen LogP contribution in [0.5, 0.6) is 5.75 Å². The first-order chi connectivity index (χ1) is 7.11. The van der Waals surface area contributed by atoms with Gasteiger partial charge in [0.25, 0.3) is 5.69 Å². The molecule has 0 amide bonds. The van der Waals surface area contributed by atoms with Crippen molar-refractivity contribution < 1.29 is 10.0 Å². The lowest BCUT2D eigenvalue weighted by Crippen LogP contribution is -1.93. The zero-order chi connectivity index (χ0) is 11.0. The first kappa shape index (κ1) is 9.26. The Morgan fingerprint density at radius 3 is 2.67 bits per heavy atom. The maximum Gasteiger partial charge on any atom is 0.279 e. The number of nitrogen functional groups attached to an aromatic ring is 1. The van der Waals surface area contributed by atoms with Gasteiger partial charge >= 0.3 is 0 Å². The summed E-state index contributed by atoms with van der Waals surface area (Å²) in [5.41, 5.74) is 5.84. The third kappa shape index (κ3) is 1.34. The topological polar surface area (TPSA) is 89.4 Å². The van der Waals surface area contributed by atoms with Gasteiger partial charge in [0.15, 0.2) is 0 Å². The quantitative estimate of drug-likeness (QED) is 0.322. The van der Waals surface area contributed by atoms with Crippen LogP contribution < -0.4 is 5.73 Å². The first-order valence-corrected chi connectivity index (χ1v) is 4.26. The van der Waals surface area contributed by atoms with Gasteiger partial charge in [-0.1, -0.05) is 12.1 Å². The molecule has 2 rings (SSSR count). The Bertz CT molecular complexity index is 552.